The van der Waals surface area contributed by atoms with Gasteiger partial charge in [-0.05, 0) is 141 Å². The summed E-state index contributed by atoms with van der Waals surface area (Å²) >= 11 is 0. The molecule has 3 aliphatic rings. The van der Waals surface area contributed by atoms with Crippen LogP contribution in [0.25, 0.3) is 0 Å². The first-order chi connectivity index (χ1) is 32.2. The van der Waals surface area contributed by atoms with Gasteiger partial charge in [-0.1, -0.05) is 60.7 Å². The molecular weight excluding hydrogens is 875 g/mol. The van der Waals surface area contributed by atoms with Gasteiger partial charge in [0.25, 0.3) is 0 Å². The number of nitrogens with one attached hydrogen (secondary N) is 1. The summed E-state index contributed by atoms with van der Waals surface area (Å²) in [5.41, 5.74) is -0.659. The molecule has 1 N–H and O–H groups in total. The molecule has 4 atom stereocenters. The SMILES string of the molecule is CN1CC[C@]2(CC[C@H](c3ccc(OCc4ccccc4F)cc3)N2C(=O)OC(C)(C)C)C1=O.CNCC[C@@]1(C(=O)OC)CC[C@H](c2ccc(OCc3ccccc3F)cc2)N1C(=O)OC(C)(C)C.[HH]. The maximum atomic E-state index is 13.9. The van der Waals surface area contributed by atoms with Gasteiger partial charge in [-0.15, -0.1) is 0 Å². The van der Waals surface area contributed by atoms with E-state index in [4.69, 9.17) is 23.7 Å². The van der Waals surface area contributed by atoms with Crippen molar-refractivity contribution in [2.24, 2.45) is 0 Å². The summed E-state index contributed by atoms with van der Waals surface area (Å²) in [5.74, 6) is 0.0865. The first-order valence-corrected chi connectivity index (χ1v) is 23.2. The zero-order chi connectivity index (χ0) is 49.4. The van der Waals surface area contributed by atoms with Gasteiger partial charge < -0.3 is 33.9 Å². The van der Waals surface area contributed by atoms with Crippen LogP contribution >= 0.6 is 0 Å². The highest BCUT2D eigenvalue weighted by molar-refractivity contribution is 5.92. The van der Waals surface area contributed by atoms with E-state index in [0.29, 0.717) is 74.2 Å². The zero-order valence-electron chi connectivity index (χ0n) is 40.7. The van der Waals surface area contributed by atoms with Crippen LogP contribution in [0.2, 0.25) is 0 Å². The van der Waals surface area contributed by atoms with Crippen LogP contribution in [-0.4, -0.2) is 95.3 Å². The Morgan fingerprint density at radius 3 is 1.57 bits per heavy atom. The number of carbonyl (C=O) groups is 4. The van der Waals surface area contributed by atoms with Crippen LogP contribution in [0.4, 0.5) is 18.4 Å². The minimum Gasteiger partial charge on any atom is -0.489 e. The van der Waals surface area contributed by atoms with Crippen LogP contribution in [-0.2, 0) is 37.0 Å². The Balaban J connectivity index is 0.000000254. The van der Waals surface area contributed by atoms with Gasteiger partial charge in [0.2, 0.25) is 5.91 Å². The Morgan fingerprint density at radius 1 is 0.691 bits per heavy atom. The lowest BCUT2D eigenvalue weighted by Gasteiger charge is -2.39. The Hall–Kier alpha value is -6.22. The molecule has 0 radical (unpaired) electrons. The molecule has 68 heavy (non-hydrogen) atoms. The van der Waals surface area contributed by atoms with Gasteiger partial charge in [0.1, 0.15) is 58.6 Å². The number of methoxy groups -OCH3 is 1. The third-order valence-electron chi connectivity index (χ3n) is 12.6. The van der Waals surface area contributed by atoms with Crippen molar-refractivity contribution in [1.82, 2.24) is 20.0 Å². The summed E-state index contributed by atoms with van der Waals surface area (Å²) in [5, 5.41) is 3.07. The summed E-state index contributed by atoms with van der Waals surface area (Å²) in [7, 11) is 4.92. The average molecular weight is 943 g/mol. The molecule has 15 heteroatoms. The number of amides is 3. The van der Waals surface area contributed by atoms with E-state index >= 15 is 0 Å². The molecule has 0 unspecified atom stereocenters. The van der Waals surface area contributed by atoms with E-state index in [1.165, 1.54) is 19.2 Å². The lowest BCUT2D eigenvalue weighted by molar-refractivity contribution is -0.154. The average Bonchev–Trinajstić information content (AvgIpc) is 3.97. The topological polar surface area (TPSA) is 136 Å². The summed E-state index contributed by atoms with van der Waals surface area (Å²) in [6.45, 7) is 12.3. The molecule has 0 aliphatic carbocycles. The molecule has 3 aliphatic heterocycles. The van der Waals surface area contributed by atoms with Crippen LogP contribution in [0.5, 0.6) is 11.5 Å². The smallest absolute Gasteiger partial charge is 0.411 e. The van der Waals surface area contributed by atoms with E-state index in [1.807, 2.05) is 57.2 Å². The molecule has 3 saturated heterocycles. The number of benzene rings is 4. The van der Waals surface area contributed by atoms with Gasteiger partial charge in [-0.2, -0.15) is 0 Å². The maximum Gasteiger partial charge on any atom is 0.411 e. The minimum absolute atomic E-state index is 0. The first kappa shape index (κ1) is 51.2. The normalized spacial score (nSPS) is 21.3. The monoisotopic (exact) mass is 942 g/mol. The number of esters is 1. The number of hydrogen-bond acceptors (Lipinski definition) is 10. The molecule has 3 fully saturated rings. The Labute approximate surface area is 400 Å². The van der Waals surface area contributed by atoms with Crippen LogP contribution in [0.3, 0.4) is 0 Å². The largest absolute Gasteiger partial charge is 0.489 e. The summed E-state index contributed by atoms with van der Waals surface area (Å²) in [6.07, 6.45) is 2.29. The van der Waals surface area contributed by atoms with Crippen molar-refractivity contribution in [3.63, 3.8) is 0 Å². The molecule has 0 aromatic heterocycles. The van der Waals surface area contributed by atoms with Crippen LogP contribution in [0, 0.1) is 11.6 Å². The Morgan fingerprint density at radius 2 is 1.15 bits per heavy atom. The molecule has 3 heterocycles. The van der Waals surface area contributed by atoms with E-state index in [1.54, 1.807) is 98.1 Å². The molecular formula is C53H68F2N4O9. The molecule has 368 valence electrons. The van der Waals surface area contributed by atoms with Crippen molar-refractivity contribution in [2.45, 2.75) is 128 Å². The van der Waals surface area contributed by atoms with E-state index < -0.39 is 40.4 Å². The zero-order valence-corrected chi connectivity index (χ0v) is 40.7. The van der Waals surface area contributed by atoms with E-state index in [-0.39, 0.29) is 44.3 Å². The highest BCUT2D eigenvalue weighted by Crippen LogP contribution is 2.49. The molecule has 0 bridgehead atoms. The van der Waals surface area contributed by atoms with Crippen LogP contribution in [0.1, 0.15) is 116 Å². The fraction of sp³-hybridized carbons (Fsp3) is 0.472. The minimum atomic E-state index is -1.13. The van der Waals surface area contributed by atoms with Crippen LogP contribution < -0.4 is 14.8 Å². The lowest BCUT2D eigenvalue weighted by atomic mass is 9.92. The molecule has 4 aromatic carbocycles. The van der Waals surface area contributed by atoms with Crippen LogP contribution in [0.15, 0.2) is 97.1 Å². The number of halogens is 2. The third-order valence-corrected chi connectivity index (χ3v) is 12.6. The number of likely N-dealkylation sites (tertiary alicyclic amines) is 3. The van der Waals surface area contributed by atoms with Gasteiger partial charge in [0.15, 0.2) is 0 Å². The van der Waals surface area contributed by atoms with Crippen molar-refractivity contribution < 1.29 is 53.1 Å². The quantitative estimate of drug-likeness (QED) is 0.108. The number of hydrogen-bond donors (Lipinski definition) is 1. The lowest BCUT2D eigenvalue weighted by Crippen LogP contribution is -2.56. The number of likely N-dealkylation sites (N-methyl/N-ethyl adjacent to an activating group) is 1. The number of ether oxygens (including phenoxy) is 5. The maximum absolute atomic E-state index is 13.9. The second kappa shape index (κ2) is 21.4. The standard InChI is InChI=1S/C27H35FN2O5.C26H31FN2O4.H2/c1-26(2,3)35-25(32)30-23(14-15-27(30,16-17-29-4)24(31)33-5)19-10-12-21(13-11-19)34-18-20-8-6-7-9-22(20)28;1-25(2,3)33-24(31)29-22(13-14-26(29)15-16-28(4)23(26)30)18-9-11-20(12-10-18)32-17-19-7-5-6-8-21(19)27;/h6-13,23,29H,14-18H2,1-5H3;5-12,22H,13-17H2,1-4H3;1H/t23-,27-;22-,26-;/m11./s1. The van der Waals surface area contributed by atoms with Crippen molar-refractivity contribution in [3.05, 3.63) is 131 Å². The van der Waals surface area contributed by atoms with E-state index in [0.717, 1.165) is 11.1 Å². The second-order valence-electron chi connectivity index (χ2n) is 19.6. The molecule has 13 nitrogen and oxygen atoms in total. The van der Waals surface area contributed by atoms with Gasteiger partial charge in [-0.25, -0.2) is 23.2 Å². The van der Waals surface area contributed by atoms with E-state index in [9.17, 15) is 28.0 Å². The van der Waals surface area contributed by atoms with E-state index in [2.05, 4.69) is 5.32 Å². The number of rotatable bonds is 12. The summed E-state index contributed by atoms with van der Waals surface area (Å²) in [4.78, 5) is 57.8. The molecule has 0 saturated carbocycles. The van der Waals surface area contributed by atoms with Gasteiger partial charge in [0, 0.05) is 26.1 Å². The third kappa shape index (κ3) is 11.7. The predicted octanol–water partition coefficient (Wildman–Crippen LogP) is 10.3. The summed E-state index contributed by atoms with van der Waals surface area (Å²) in [6, 6.07) is 27.1. The molecule has 7 rings (SSSR count). The molecule has 4 aromatic rings. The fourth-order valence-electron chi connectivity index (χ4n) is 9.27. The fourth-order valence-corrected chi connectivity index (χ4v) is 9.27. The first-order valence-electron chi connectivity index (χ1n) is 23.2. The highest BCUT2D eigenvalue weighted by Gasteiger charge is 2.59. The molecule has 3 amide bonds. The van der Waals surface area contributed by atoms with Gasteiger partial charge in [-0.3, -0.25) is 14.6 Å². The van der Waals surface area contributed by atoms with Crippen molar-refractivity contribution in [3.8, 4) is 11.5 Å². The highest BCUT2D eigenvalue weighted by atomic mass is 19.1. The van der Waals surface area contributed by atoms with Gasteiger partial charge in [0.05, 0.1) is 19.2 Å². The van der Waals surface area contributed by atoms with Crippen molar-refractivity contribution >= 4 is 24.1 Å². The Kier molecular flexibility index (Phi) is 16.1. The number of carbonyl (C=O) groups excluding carboxylic acids is 4. The number of nitrogens with zero attached hydrogens (tertiary/aromatic N) is 3. The van der Waals surface area contributed by atoms with Crippen molar-refractivity contribution in [1.29, 1.82) is 0 Å². The predicted molar refractivity (Wildman–Crippen MR) is 255 cm³/mol. The van der Waals surface area contributed by atoms with Crippen molar-refractivity contribution in [2.75, 3.05) is 34.3 Å². The molecule has 1 spiro atoms. The Bertz CT molecular complexity index is 2390. The second-order valence-corrected chi connectivity index (χ2v) is 19.6. The van der Waals surface area contributed by atoms with Gasteiger partial charge >= 0.3 is 18.2 Å². The summed E-state index contributed by atoms with van der Waals surface area (Å²) < 4.78 is 55.8.